The molecule has 0 amide bonds. The Morgan fingerprint density at radius 2 is 2.32 bits per heavy atom. The Morgan fingerprint density at radius 1 is 1.47 bits per heavy atom. The van der Waals surface area contributed by atoms with E-state index >= 15 is 0 Å². The number of hydrogen-bond acceptors (Lipinski definition) is 5. The molecule has 5 heteroatoms. The molecule has 1 aliphatic rings. The van der Waals surface area contributed by atoms with Gasteiger partial charge in [-0.2, -0.15) is 0 Å². The summed E-state index contributed by atoms with van der Waals surface area (Å²) < 4.78 is 5.26. The SMILES string of the molecule is COCC1=CN(C)NC=C1N(C)Cc1cccnc1. The highest BCUT2D eigenvalue weighted by molar-refractivity contribution is 5.32. The van der Waals surface area contributed by atoms with Crippen molar-refractivity contribution >= 4 is 0 Å². The van der Waals surface area contributed by atoms with Crippen molar-refractivity contribution in [1.82, 2.24) is 20.3 Å². The van der Waals surface area contributed by atoms with Crippen LogP contribution in [-0.4, -0.2) is 42.7 Å². The molecule has 19 heavy (non-hydrogen) atoms. The fourth-order valence-electron chi connectivity index (χ4n) is 2.07. The molecule has 1 aliphatic heterocycles. The zero-order valence-electron chi connectivity index (χ0n) is 11.6. The summed E-state index contributed by atoms with van der Waals surface area (Å²) in [5.74, 6) is 0. The van der Waals surface area contributed by atoms with Crippen LogP contribution in [0, 0.1) is 0 Å². The molecule has 0 bridgehead atoms. The summed E-state index contributed by atoms with van der Waals surface area (Å²) in [6, 6.07) is 4.03. The summed E-state index contributed by atoms with van der Waals surface area (Å²) in [6.45, 7) is 1.40. The number of aromatic nitrogens is 1. The summed E-state index contributed by atoms with van der Waals surface area (Å²) in [4.78, 5) is 6.32. The van der Waals surface area contributed by atoms with Gasteiger partial charge in [0.1, 0.15) is 0 Å². The van der Waals surface area contributed by atoms with Crippen LogP contribution < -0.4 is 5.43 Å². The monoisotopic (exact) mass is 260 g/mol. The zero-order valence-corrected chi connectivity index (χ0v) is 11.6. The third-order valence-corrected chi connectivity index (χ3v) is 2.94. The van der Waals surface area contributed by atoms with Gasteiger partial charge in [0.2, 0.25) is 0 Å². The molecular formula is C14H20N4O. The van der Waals surface area contributed by atoms with Crippen LogP contribution in [0.1, 0.15) is 5.56 Å². The molecular weight excluding hydrogens is 240 g/mol. The minimum Gasteiger partial charge on any atom is -0.380 e. The maximum atomic E-state index is 5.26. The van der Waals surface area contributed by atoms with E-state index < -0.39 is 0 Å². The molecule has 0 aliphatic carbocycles. The lowest BCUT2D eigenvalue weighted by molar-refractivity contribution is 0.216. The van der Waals surface area contributed by atoms with Gasteiger partial charge in [0, 0.05) is 58.1 Å². The molecule has 0 aromatic carbocycles. The predicted octanol–water partition coefficient (Wildman–Crippen LogP) is 1.34. The lowest BCUT2D eigenvalue weighted by Gasteiger charge is -2.30. The molecule has 1 aromatic rings. The minimum absolute atomic E-state index is 0.592. The Kier molecular flexibility index (Phi) is 4.41. The summed E-state index contributed by atoms with van der Waals surface area (Å²) >= 11 is 0. The highest BCUT2D eigenvalue weighted by atomic mass is 16.5. The van der Waals surface area contributed by atoms with Gasteiger partial charge >= 0.3 is 0 Å². The van der Waals surface area contributed by atoms with Crippen LogP contribution in [0.2, 0.25) is 0 Å². The van der Waals surface area contributed by atoms with Crippen molar-refractivity contribution in [2.24, 2.45) is 0 Å². The Morgan fingerprint density at radius 3 is 3.00 bits per heavy atom. The van der Waals surface area contributed by atoms with E-state index in [1.807, 2.05) is 36.7 Å². The van der Waals surface area contributed by atoms with Crippen LogP contribution in [0.15, 0.2) is 48.2 Å². The third kappa shape index (κ3) is 3.48. The highest BCUT2D eigenvalue weighted by Crippen LogP contribution is 2.19. The van der Waals surface area contributed by atoms with Gasteiger partial charge in [-0.15, -0.1) is 0 Å². The number of nitrogens with one attached hydrogen (secondary N) is 1. The average Bonchev–Trinajstić information content (AvgIpc) is 2.40. The second kappa shape index (κ2) is 6.24. The third-order valence-electron chi connectivity index (χ3n) is 2.94. The second-order valence-corrected chi connectivity index (χ2v) is 4.57. The topological polar surface area (TPSA) is 40.6 Å². The number of rotatable bonds is 5. The smallest absolute Gasteiger partial charge is 0.0748 e. The molecule has 0 unspecified atom stereocenters. The average molecular weight is 260 g/mol. The van der Waals surface area contributed by atoms with E-state index in [4.69, 9.17) is 4.74 Å². The molecule has 0 saturated heterocycles. The van der Waals surface area contributed by atoms with Gasteiger partial charge in [-0.25, -0.2) is 0 Å². The van der Waals surface area contributed by atoms with Crippen molar-refractivity contribution < 1.29 is 4.74 Å². The van der Waals surface area contributed by atoms with Crippen LogP contribution in [-0.2, 0) is 11.3 Å². The van der Waals surface area contributed by atoms with Gasteiger partial charge in [-0.3, -0.25) is 9.99 Å². The van der Waals surface area contributed by atoms with E-state index in [-0.39, 0.29) is 0 Å². The van der Waals surface area contributed by atoms with Crippen LogP contribution in [0.25, 0.3) is 0 Å². The number of pyridine rings is 1. The number of nitrogens with zero attached hydrogens (tertiary/aromatic N) is 3. The summed E-state index contributed by atoms with van der Waals surface area (Å²) in [7, 11) is 5.74. The van der Waals surface area contributed by atoms with Crippen LogP contribution in [0.4, 0.5) is 0 Å². The molecule has 1 aromatic heterocycles. The number of ether oxygens (including phenoxy) is 1. The van der Waals surface area contributed by atoms with Crippen molar-refractivity contribution in [2.75, 3.05) is 27.8 Å². The molecule has 0 radical (unpaired) electrons. The minimum atomic E-state index is 0.592. The van der Waals surface area contributed by atoms with E-state index in [0.717, 1.165) is 17.8 Å². The Bertz CT molecular complexity index is 470. The number of likely N-dealkylation sites (N-methyl/N-ethyl adjacent to an activating group) is 1. The van der Waals surface area contributed by atoms with Crippen LogP contribution in [0.5, 0.6) is 0 Å². The molecule has 0 fully saturated rings. The lowest BCUT2D eigenvalue weighted by atomic mass is 10.1. The number of methoxy groups -OCH3 is 1. The van der Waals surface area contributed by atoms with E-state index in [0.29, 0.717) is 6.61 Å². The van der Waals surface area contributed by atoms with Crippen molar-refractivity contribution in [3.63, 3.8) is 0 Å². The standard InChI is InChI=1S/C14H20N4O/c1-17(9-12-5-4-6-15-7-12)14-8-16-18(2)10-13(14)11-19-3/h4-8,10,16H,9,11H2,1-3H3. The van der Waals surface area contributed by atoms with E-state index in [1.165, 1.54) is 5.56 Å². The van der Waals surface area contributed by atoms with Gasteiger partial charge in [0.05, 0.1) is 12.3 Å². The normalized spacial score (nSPS) is 14.6. The van der Waals surface area contributed by atoms with E-state index in [2.05, 4.69) is 28.4 Å². The van der Waals surface area contributed by atoms with E-state index in [1.54, 1.807) is 13.3 Å². The van der Waals surface area contributed by atoms with Crippen molar-refractivity contribution in [1.29, 1.82) is 0 Å². The fourth-order valence-corrected chi connectivity index (χ4v) is 2.07. The second-order valence-electron chi connectivity index (χ2n) is 4.57. The fraction of sp³-hybridized carbons (Fsp3) is 0.357. The molecule has 1 N–H and O–H groups in total. The first-order chi connectivity index (χ1) is 9.20. The molecule has 0 spiro atoms. The first-order valence-corrected chi connectivity index (χ1v) is 6.20. The van der Waals surface area contributed by atoms with Crippen LogP contribution >= 0.6 is 0 Å². The Balaban J connectivity index is 2.09. The molecule has 102 valence electrons. The van der Waals surface area contributed by atoms with Gasteiger partial charge in [-0.1, -0.05) is 6.07 Å². The summed E-state index contributed by atoms with van der Waals surface area (Å²) in [5, 5.41) is 1.91. The van der Waals surface area contributed by atoms with Crippen molar-refractivity contribution in [3.8, 4) is 0 Å². The molecule has 0 atom stereocenters. The van der Waals surface area contributed by atoms with Crippen molar-refractivity contribution in [3.05, 3.63) is 53.8 Å². The maximum absolute atomic E-state index is 5.26. The Labute approximate surface area is 114 Å². The Hall–Kier alpha value is -2.01. The molecule has 2 heterocycles. The lowest BCUT2D eigenvalue weighted by Crippen LogP contribution is -2.33. The van der Waals surface area contributed by atoms with Gasteiger partial charge in [0.15, 0.2) is 0 Å². The van der Waals surface area contributed by atoms with Crippen molar-refractivity contribution in [2.45, 2.75) is 6.54 Å². The van der Waals surface area contributed by atoms with Crippen LogP contribution in [0.3, 0.4) is 0 Å². The summed E-state index contributed by atoms with van der Waals surface area (Å²) in [5.41, 5.74) is 6.63. The number of hydrogen-bond donors (Lipinski definition) is 1. The van der Waals surface area contributed by atoms with Gasteiger partial charge in [0.25, 0.3) is 0 Å². The molecule has 5 nitrogen and oxygen atoms in total. The summed E-state index contributed by atoms with van der Waals surface area (Å²) in [6.07, 6.45) is 7.71. The maximum Gasteiger partial charge on any atom is 0.0748 e. The quantitative estimate of drug-likeness (QED) is 0.865. The highest BCUT2D eigenvalue weighted by Gasteiger charge is 2.15. The predicted molar refractivity (Wildman–Crippen MR) is 74.6 cm³/mol. The van der Waals surface area contributed by atoms with E-state index in [9.17, 15) is 0 Å². The van der Waals surface area contributed by atoms with Gasteiger partial charge in [-0.05, 0) is 11.6 Å². The number of hydrazine groups is 1. The first kappa shape index (κ1) is 13.4. The first-order valence-electron chi connectivity index (χ1n) is 6.20. The zero-order chi connectivity index (χ0) is 13.7. The molecule has 0 saturated carbocycles. The van der Waals surface area contributed by atoms with Gasteiger partial charge < -0.3 is 15.1 Å². The largest absolute Gasteiger partial charge is 0.380 e. The molecule has 2 rings (SSSR count).